The fraction of sp³-hybridized carbons (Fsp3) is 0.917. The van der Waals surface area contributed by atoms with Gasteiger partial charge < -0.3 is 9.80 Å². The summed E-state index contributed by atoms with van der Waals surface area (Å²) in [6, 6.07) is 0. The molecule has 0 aromatic carbocycles. The Bertz CT molecular complexity index is 239. The van der Waals surface area contributed by atoms with Crippen molar-refractivity contribution < 1.29 is 4.79 Å². The second kappa shape index (κ2) is 5.87. The van der Waals surface area contributed by atoms with Crippen LogP contribution in [0.15, 0.2) is 0 Å². The largest absolute Gasteiger partial charge is 0.344 e. The van der Waals surface area contributed by atoms with Crippen molar-refractivity contribution in [3.8, 4) is 0 Å². The van der Waals surface area contributed by atoms with Crippen LogP contribution in [-0.4, -0.2) is 54.8 Å². The molecule has 0 unspecified atom stereocenters. The normalized spacial score (nSPS) is 18.3. The van der Waals surface area contributed by atoms with Crippen LogP contribution in [0.1, 0.15) is 32.1 Å². The fourth-order valence-electron chi connectivity index (χ4n) is 2.27. The number of carbonyl (C=O) groups is 1. The van der Waals surface area contributed by atoms with Gasteiger partial charge in [-0.25, -0.2) is 0 Å². The topological polar surface area (TPSA) is 23.6 Å². The van der Waals surface area contributed by atoms with E-state index in [1.54, 1.807) is 0 Å². The van der Waals surface area contributed by atoms with E-state index in [1.165, 1.54) is 19.3 Å². The molecule has 0 atom stereocenters. The van der Waals surface area contributed by atoms with Crippen LogP contribution < -0.4 is 0 Å². The number of hydrogen-bond donors (Lipinski definition) is 0. The minimum Gasteiger partial charge on any atom is -0.344 e. The van der Waals surface area contributed by atoms with Crippen LogP contribution in [0, 0.1) is 0 Å². The van der Waals surface area contributed by atoms with Crippen LogP contribution in [-0.2, 0) is 4.79 Å². The minimum atomic E-state index is 0.216. The summed E-state index contributed by atoms with van der Waals surface area (Å²) in [6.07, 6.45) is 5.03. The first-order chi connectivity index (χ1) is 7.52. The lowest BCUT2D eigenvalue weighted by atomic mass is 9.75. The van der Waals surface area contributed by atoms with Gasteiger partial charge in [0.25, 0.3) is 0 Å². The first-order valence-electron chi connectivity index (χ1n) is 5.99. The Morgan fingerprint density at radius 1 is 1.31 bits per heavy atom. The van der Waals surface area contributed by atoms with Crippen molar-refractivity contribution in [1.29, 1.82) is 0 Å². The van der Waals surface area contributed by atoms with Crippen molar-refractivity contribution in [3.63, 3.8) is 0 Å². The second-order valence-electron chi connectivity index (χ2n) is 5.01. The van der Waals surface area contributed by atoms with Gasteiger partial charge in [0.15, 0.2) is 0 Å². The van der Waals surface area contributed by atoms with Gasteiger partial charge in [0.2, 0.25) is 5.91 Å². The van der Waals surface area contributed by atoms with Gasteiger partial charge in [-0.05, 0) is 39.8 Å². The average Bonchev–Trinajstić information content (AvgIpc) is 2.18. The number of rotatable bonds is 6. The van der Waals surface area contributed by atoms with E-state index in [0.717, 1.165) is 13.0 Å². The van der Waals surface area contributed by atoms with E-state index in [2.05, 4.69) is 19.0 Å². The molecule has 0 bridgehead atoms. The van der Waals surface area contributed by atoms with Gasteiger partial charge in [-0.3, -0.25) is 4.79 Å². The van der Waals surface area contributed by atoms with Crippen LogP contribution in [0.4, 0.5) is 0 Å². The summed E-state index contributed by atoms with van der Waals surface area (Å²) in [5.74, 6) is 0.784. The molecule has 0 saturated heterocycles. The van der Waals surface area contributed by atoms with E-state index >= 15 is 0 Å². The zero-order valence-electron chi connectivity index (χ0n) is 10.6. The second-order valence-corrected chi connectivity index (χ2v) is 5.39. The van der Waals surface area contributed by atoms with Gasteiger partial charge in [0.1, 0.15) is 0 Å². The van der Waals surface area contributed by atoms with Crippen molar-refractivity contribution in [2.24, 2.45) is 0 Å². The monoisotopic (exact) mass is 246 g/mol. The number of alkyl halides is 1. The van der Waals surface area contributed by atoms with Crippen molar-refractivity contribution in [2.45, 2.75) is 37.6 Å². The lowest BCUT2D eigenvalue weighted by Gasteiger charge is -2.49. The van der Waals surface area contributed by atoms with Crippen molar-refractivity contribution in [1.82, 2.24) is 9.80 Å². The molecule has 1 amide bonds. The summed E-state index contributed by atoms with van der Waals surface area (Å²) in [5.41, 5.74) is 0.228. The van der Waals surface area contributed by atoms with E-state index in [9.17, 15) is 4.79 Å². The molecule has 1 fully saturated rings. The number of carbonyl (C=O) groups excluding carboxylic acids is 1. The molecule has 1 rings (SSSR count). The molecule has 0 aromatic heterocycles. The van der Waals surface area contributed by atoms with Crippen molar-refractivity contribution in [2.75, 3.05) is 33.6 Å². The summed E-state index contributed by atoms with van der Waals surface area (Å²) >= 11 is 5.59. The zero-order chi connectivity index (χ0) is 12.2. The predicted octanol–water partition coefficient (Wildman–Crippen LogP) is 1.95. The highest BCUT2D eigenvalue weighted by Gasteiger charge is 2.40. The Morgan fingerprint density at radius 2 is 1.94 bits per heavy atom. The molecule has 0 aromatic rings. The lowest BCUT2D eigenvalue weighted by molar-refractivity contribution is -0.132. The molecule has 94 valence electrons. The van der Waals surface area contributed by atoms with Crippen LogP contribution >= 0.6 is 11.6 Å². The Kier molecular flexibility index (Phi) is 5.06. The summed E-state index contributed by atoms with van der Waals surface area (Å²) < 4.78 is 0. The van der Waals surface area contributed by atoms with Gasteiger partial charge in [0.05, 0.1) is 0 Å². The van der Waals surface area contributed by atoms with Crippen LogP contribution in [0.2, 0.25) is 0 Å². The fourth-order valence-corrected chi connectivity index (χ4v) is 2.40. The Morgan fingerprint density at radius 3 is 2.31 bits per heavy atom. The van der Waals surface area contributed by atoms with Crippen molar-refractivity contribution in [3.05, 3.63) is 0 Å². The van der Waals surface area contributed by atoms with E-state index in [4.69, 9.17) is 11.6 Å². The maximum atomic E-state index is 11.8. The predicted molar refractivity (Wildman–Crippen MR) is 67.9 cm³/mol. The molecule has 1 aliphatic rings. The molecule has 0 N–H and O–H groups in total. The number of amides is 1. The SMILES string of the molecule is CN(CC1(N(C)C)CCC1)C(=O)CCCCl. The van der Waals surface area contributed by atoms with Crippen LogP contribution in [0.3, 0.4) is 0 Å². The van der Waals surface area contributed by atoms with Gasteiger partial charge >= 0.3 is 0 Å². The van der Waals surface area contributed by atoms with Gasteiger partial charge in [-0.2, -0.15) is 0 Å². The molecular weight excluding hydrogens is 224 g/mol. The zero-order valence-corrected chi connectivity index (χ0v) is 11.4. The smallest absolute Gasteiger partial charge is 0.222 e. The van der Waals surface area contributed by atoms with E-state index in [1.807, 2.05) is 11.9 Å². The summed E-state index contributed by atoms with van der Waals surface area (Å²) in [5, 5.41) is 0. The molecule has 0 aliphatic heterocycles. The van der Waals surface area contributed by atoms with Gasteiger partial charge in [-0.1, -0.05) is 0 Å². The van der Waals surface area contributed by atoms with Crippen molar-refractivity contribution >= 4 is 17.5 Å². The van der Waals surface area contributed by atoms with Crippen LogP contribution in [0.25, 0.3) is 0 Å². The maximum absolute atomic E-state index is 11.8. The first-order valence-corrected chi connectivity index (χ1v) is 6.53. The van der Waals surface area contributed by atoms with Gasteiger partial charge in [0, 0.05) is 31.4 Å². The third-order valence-electron chi connectivity index (χ3n) is 3.71. The molecule has 1 aliphatic carbocycles. The van der Waals surface area contributed by atoms with E-state index in [0.29, 0.717) is 12.3 Å². The van der Waals surface area contributed by atoms with Crippen LogP contribution in [0.5, 0.6) is 0 Å². The highest BCUT2D eigenvalue weighted by Crippen LogP contribution is 2.36. The third-order valence-corrected chi connectivity index (χ3v) is 3.98. The lowest BCUT2D eigenvalue weighted by Crippen LogP contribution is -2.57. The molecule has 1 saturated carbocycles. The van der Waals surface area contributed by atoms with Gasteiger partial charge in [-0.15, -0.1) is 11.6 Å². The highest BCUT2D eigenvalue weighted by molar-refractivity contribution is 6.17. The van der Waals surface area contributed by atoms with E-state index < -0.39 is 0 Å². The quantitative estimate of drug-likeness (QED) is 0.669. The molecule has 0 radical (unpaired) electrons. The number of nitrogens with zero attached hydrogens (tertiary/aromatic N) is 2. The molecule has 3 nitrogen and oxygen atoms in total. The van der Waals surface area contributed by atoms with E-state index in [-0.39, 0.29) is 11.4 Å². The molecule has 0 spiro atoms. The maximum Gasteiger partial charge on any atom is 0.222 e. The Labute approximate surface area is 104 Å². The molecular formula is C12H23ClN2O. The third kappa shape index (κ3) is 3.11. The number of likely N-dealkylation sites (N-methyl/N-ethyl adjacent to an activating group) is 2. The Hall–Kier alpha value is -0.280. The summed E-state index contributed by atoms with van der Waals surface area (Å²) in [6.45, 7) is 0.848. The molecule has 0 heterocycles. The molecule has 4 heteroatoms. The number of halogens is 1. The standard InChI is InChI=1S/C12H23ClN2O/c1-14(2)12(7-5-8-12)10-15(3)11(16)6-4-9-13/h4-10H2,1-3H3. The minimum absolute atomic E-state index is 0.216. The highest BCUT2D eigenvalue weighted by atomic mass is 35.5. The first kappa shape index (κ1) is 13.8. The summed E-state index contributed by atoms with van der Waals surface area (Å²) in [4.78, 5) is 15.9. The number of hydrogen-bond acceptors (Lipinski definition) is 2. The summed E-state index contributed by atoms with van der Waals surface area (Å²) in [7, 11) is 6.12. The average molecular weight is 247 g/mol. The Balaban J connectivity index is 2.43. The molecule has 16 heavy (non-hydrogen) atoms.